The number of Topliss-reactive ketones (excluding diaryl/α,β-unsaturated/α-hetero) is 1. The van der Waals surface area contributed by atoms with Crippen molar-refractivity contribution in [2.75, 3.05) is 0 Å². The Morgan fingerprint density at radius 1 is 1.36 bits per heavy atom. The summed E-state index contributed by atoms with van der Waals surface area (Å²) in [6.45, 7) is 5.53. The van der Waals surface area contributed by atoms with Crippen molar-refractivity contribution in [2.24, 2.45) is 0 Å². The van der Waals surface area contributed by atoms with E-state index in [1.807, 2.05) is 6.92 Å². The van der Waals surface area contributed by atoms with Gasteiger partial charge in [-0.2, -0.15) is 0 Å². The third-order valence-corrected chi connectivity index (χ3v) is 1.05. The maximum absolute atomic E-state index is 10.2. The molecule has 0 radical (unpaired) electrons. The topological polar surface area (TPSA) is 34.1 Å². The molecule has 0 aliphatic rings. The van der Waals surface area contributed by atoms with Crippen LogP contribution in [0.25, 0.3) is 0 Å². The minimum absolute atomic E-state index is 0.307. The van der Waals surface area contributed by atoms with Crippen molar-refractivity contribution >= 4 is 12.1 Å². The van der Waals surface area contributed by atoms with Crippen LogP contribution in [-0.2, 0) is 9.59 Å². The van der Waals surface area contributed by atoms with E-state index in [-0.39, 0.29) is 0 Å². The number of aldehydes is 1. The van der Waals surface area contributed by atoms with E-state index < -0.39 is 0 Å². The molecule has 0 spiro atoms. The van der Waals surface area contributed by atoms with Gasteiger partial charge in [-0.1, -0.05) is 20.3 Å². The minimum Gasteiger partial charge on any atom is -0.303 e. The van der Waals surface area contributed by atoms with Gasteiger partial charge in [-0.05, 0) is 13.3 Å². The molecule has 0 unspecified atom stereocenters. The molecule has 0 atom stereocenters. The van der Waals surface area contributed by atoms with Crippen molar-refractivity contribution in [3.63, 3.8) is 0 Å². The lowest BCUT2D eigenvalue weighted by atomic mass is 10.2. The molecule has 0 saturated carbocycles. The van der Waals surface area contributed by atoms with Crippen LogP contribution < -0.4 is 0 Å². The summed E-state index contributed by atoms with van der Waals surface area (Å²) in [4.78, 5) is 19.4. The van der Waals surface area contributed by atoms with Crippen LogP contribution in [0, 0.1) is 0 Å². The fourth-order valence-electron chi connectivity index (χ4n) is 0.426. The molecule has 0 aromatic rings. The maximum Gasteiger partial charge on any atom is 0.129 e. The Morgan fingerprint density at radius 2 is 1.82 bits per heavy atom. The number of unbranched alkanes of at least 4 members (excludes halogenated alkanes) is 1. The standard InChI is InChI=1S/C6H12O.C3H6O/c1-3-4-5-6(2)7;1-2-3-4/h3-5H2,1-2H3;3H,2H2,1H3. The molecule has 0 fully saturated rings. The molecule has 0 aliphatic carbocycles. The predicted octanol–water partition coefficient (Wildman–Crippen LogP) is 2.36. The van der Waals surface area contributed by atoms with E-state index >= 15 is 0 Å². The van der Waals surface area contributed by atoms with Crippen molar-refractivity contribution in [1.29, 1.82) is 0 Å². The van der Waals surface area contributed by atoms with Gasteiger partial charge in [-0.15, -0.1) is 0 Å². The van der Waals surface area contributed by atoms with E-state index in [2.05, 4.69) is 6.92 Å². The lowest BCUT2D eigenvalue weighted by Crippen LogP contribution is -1.86. The first-order valence-electron chi connectivity index (χ1n) is 4.12. The molecule has 0 N–H and O–H groups in total. The minimum atomic E-state index is 0.307. The van der Waals surface area contributed by atoms with Crippen LogP contribution in [0.1, 0.15) is 46.5 Å². The average molecular weight is 158 g/mol. The van der Waals surface area contributed by atoms with Gasteiger partial charge in [-0.3, -0.25) is 0 Å². The van der Waals surface area contributed by atoms with Crippen LogP contribution >= 0.6 is 0 Å². The van der Waals surface area contributed by atoms with Crippen LogP contribution in [0.5, 0.6) is 0 Å². The summed E-state index contributed by atoms with van der Waals surface area (Å²) in [5.41, 5.74) is 0. The zero-order chi connectivity index (χ0) is 9.11. The summed E-state index contributed by atoms with van der Waals surface area (Å²) < 4.78 is 0. The first-order chi connectivity index (χ1) is 5.18. The second-order valence-electron chi connectivity index (χ2n) is 2.38. The zero-order valence-corrected chi connectivity index (χ0v) is 7.72. The van der Waals surface area contributed by atoms with E-state index in [1.165, 1.54) is 0 Å². The summed E-state index contributed by atoms with van der Waals surface area (Å²) in [5, 5.41) is 0. The normalized spacial score (nSPS) is 7.91. The predicted molar refractivity (Wildman–Crippen MR) is 46.6 cm³/mol. The molecule has 0 heterocycles. The number of rotatable bonds is 4. The first kappa shape index (κ1) is 13.0. The highest BCUT2D eigenvalue weighted by Gasteiger charge is 1.87. The van der Waals surface area contributed by atoms with Gasteiger partial charge >= 0.3 is 0 Å². The van der Waals surface area contributed by atoms with Gasteiger partial charge in [0, 0.05) is 12.8 Å². The highest BCUT2D eigenvalue weighted by molar-refractivity contribution is 5.75. The fraction of sp³-hybridized carbons (Fsp3) is 0.778. The van der Waals surface area contributed by atoms with E-state index in [1.54, 1.807) is 6.92 Å². The summed E-state index contributed by atoms with van der Waals surface area (Å²) in [6, 6.07) is 0. The van der Waals surface area contributed by atoms with E-state index in [0.717, 1.165) is 25.5 Å². The molecule has 11 heavy (non-hydrogen) atoms. The largest absolute Gasteiger partial charge is 0.303 e. The van der Waals surface area contributed by atoms with Crippen molar-refractivity contribution < 1.29 is 9.59 Å². The molecular formula is C9H18O2. The van der Waals surface area contributed by atoms with Gasteiger partial charge in [0.05, 0.1) is 0 Å². The zero-order valence-electron chi connectivity index (χ0n) is 7.72. The quantitative estimate of drug-likeness (QED) is 0.588. The fourth-order valence-corrected chi connectivity index (χ4v) is 0.426. The highest BCUT2D eigenvalue weighted by atomic mass is 16.1. The molecule has 0 saturated heterocycles. The smallest absolute Gasteiger partial charge is 0.129 e. The molecule has 66 valence electrons. The molecule has 0 aromatic heterocycles. The Kier molecular flexibility index (Phi) is 14.2. The third-order valence-electron chi connectivity index (χ3n) is 1.05. The van der Waals surface area contributed by atoms with Crippen molar-refractivity contribution in [3.05, 3.63) is 0 Å². The van der Waals surface area contributed by atoms with Gasteiger partial charge in [-0.25, -0.2) is 0 Å². The Labute approximate surface area is 69.0 Å². The second kappa shape index (κ2) is 12.1. The number of ketones is 1. The van der Waals surface area contributed by atoms with Gasteiger partial charge in [0.1, 0.15) is 12.1 Å². The van der Waals surface area contributed by atoms with Crippen LogP contribution in [0.3, 0.4) is 0 Å². The van der Waals surface area contributed by atoms with E-state index in [4.69, 9.17) is 0 Å². The van der Waals surface area contributed by atoms with Crippen LogP contribution in [-0.4, -0.2) is 12.1 Å². The third kappa shape index (κ3) is 26.7. The monoisotopic (exact) mass is 158 g/mol. The molecule has 0 rings (SSSR count). The molecular weight excluding hydrogens is 140 g/mol. The summed E-state index contributed by atoms with van der Waals surface area (Å²) in [5.74, 6) is 0.307. The lowest BCUT2D eigenvalue weighted by molar-refractivity contribution is -0.117. The van der Waals surface area contributed by atoms with Crippen molar-refractivity contribution in [2.45, 2.75) is 46.5 Å². The summed E-state index contributed by atoms with van der Waals surface area (Å²) >= 11 is 0. The Hall–Kier alpha value is -0.660. The van der Waals surface area contributed by atoms with Gasteiger partial charge < -0.3 is 9.59 Å². The summed E-state index contributed by atoms with van der Waals surface area (Å²) in [6.07, 6.45) is 4.45. The SMILES string of the molecule is CCC=O.CCCCC(C)=O. The number of carbonyl (C=O) groups is 2. The van der Waals surface area contributed by atoms with Crippen LogP contribution in [0.15, 0.2) is 0 Å². The highest BCUT2D eigenvalue weighted by Crippen LogP contribution is 1.92. The van der Waals surface area contributed by atoms with Gasteiger partial charge in [0.15, 0.2) is 0 Å². The Balaban J connectivity index is 0. The Bertz CT molecular complexity index is 97.7. The maximum atomic E-state index is 10.2. The number of hydrogen-bond donors (Lipinski definition) is 0. The Morgan fingerprint density at radius 3 is 1.91 bits per heavy atom. The molecule has 2 nitrogen and oxygen atoms in total. The van der Waals surface area contributed by atoms with Crippen molar-refractivity contribution in [1.82, 2.24) is 0 Å². The molecule has 0 bridgehead atoms. The van der Waals surface area contributed by atoms with Crippen LogP contribution in [0.2, 0.25) is 0 Å². The average Bonchev–Trinajstić information content (AvgIpc) is 2.01. The van der Waals surface area contributed by atoms with Crippen LogP contribution in [0.4, 0.5) is 0 Å². The lowest BCUT2D eigenvalue weighted by Gasteiger charge is -1.86. The van der Waals surface area contributed by atoms with Gasteiger partial charge in [0.25, 0.3) is 0 Å². The van der Waals surface area contributed by atoms with Gasteiger partial charge in [0.2, 0.25) is 0 Å². The molecule has 0 aliphatic heterocycles. The summed E-state index contributed by atoms with van der Waals surface area (Å²) in [7, 11) is 0. The molecule has 0 amide bonds. The van der Waals surface area contributed by atoms with Crippen molar-refractivity contribution in [3.8, 4) is 0 Å². The molecule has 2 heteroatoms. The second-order valence-corrected chi connectivity index (χ2v) is 2.38. The van der Waals surface area contributed by atoms with E-state index in [0.29, 0.717) is 12.2 Å². The number of carbonyl (C=O) groups excluding carboxylic acids is 2. The molecule has 0 aromatic carbocycles. The number of hydrogen-bond acceptors (Lipinski definition) is 2. The van der Waals surface area contributed by atoms with E-state index in [9.17, 15) is 9.59 Å². The first-order valence-corrected chi connectivity index (χ1v) is 4.12.